The summed E-state index contributed by atoms with van der Waals surface area (Å²) >= 11 is 0. The van der Waals surface area contributed by atoms with Gasteiger partial charge in [0.15, 0.2) is 0 Å². The minimum Gasteiger partial charge on any atom is -0.460 e. The molecule has 0 spiro atoms. The number of nitrogens with zero attached hydrogens (tertiary/aromatic N) is 3. The molecule has 0 aliphatic carbocycles. The Bertz CT molecular complexity index is 1860. The zero-order valence-corrected chi connectivity index (χ0v) is 26.5. The van der Waals surface area contributed by atoms with E-state index in [2.05, 4.69) is 106 Å². The Hall–Kier alpha value is -3.75. The van der Waals surface area contributed by atoms with Crippen molar-refractivity contribution in [1.29, 1.82) is 0 Å². The van der Waals surface area contributed by atoms with E-state index in [1.54, 1.807) is 6.20 Å². The number of ether oxygens (including phenoxy) is 1. The van der Waals surface area contributed by atoms with Gasteiger partial charge < -0.3 is 9.30 Å². The van der Waals surface area contributed by atoms with Crippen molar-refractivity contribution in [3.05, 3.63) is 115 Å². The van der Waals surface area contributed by atoms with E-state index >= 15 is 0 Å². The average Bonchev–Trinajstić information content (AvgIpc) is 3.26. The summed E-state index contributed by atoms with van der Waals surface area (Å²) in [6.45, 7) is 13.2. The minimum absolute atomic E-state index is 0. The molecule has 0 atom stereocenters. The Morgan fingerprint density at radius 2 is 1.46 bits per heavy atom. The fourth-order valence-corrected chi connectivity index (χ4v) is 5.14. The Labute approximate surface area is 256 Å². The Balaban J connectivity index is 0.00000337. The third-order valence-electron chi connectivity index (χ3n) is 7.26. The molecule has 0 saturated heterocycles. The molecule has 0 saturated carbocycles. The van der Waals surface area contributed by atoms with Crippen LogP contribution in [-0.2, 0) is 31.9 Å². The van der Waals surface area contributed by atoms with Crippen LogP contribution < -0.4 is 4.74 Å². The number of hydrogen-bond acceptors (Lipinski definition) is 3. The molecule has 3 aromatic heterocycles. The van der Waals surface area contributed by atoms with Gasteiger partial charge in [0.25, 0.3) is 0 Å². The predicted molar refractivity (Wildman–Crippen MR) is 163 cm³/mol. The molecule has 0 bridgehead atoms. The van der Waals surface area contributed by atoms with Crippen LogP contribution in [0, 0.1) is 12.1 Å². The van der Waals surface area contributed by atoms with Gasteiger partial charge in [0.2, 0.25) is 5.88 Å². The standard InChI is InChI=1S/C36H33N3O.Pt/c1-35(2,3)26-18-20-37-33(23-26)40-27-12-9-11-24(21-27)25-16-17-29-28-13-7-8-15-31(28)39(32(29)22-25)34-30(36(4,5)6)14-10-19-38-34;/h7-20,23H,1-6H3;/q-2;+2. The van der Waals surface area contributed by atoms with Crippen molar-refractivity contribution in [2.75, 3.05) is 0 Å². The first-order valence-electron chi connectivity index (χ1n) is 13.7. The predicted octanol–water partition coefficient (Wildman–Crippen LogP) is 9.23. The summed E-state index contributed by atoms with van der Waals surface area (Å²) < 4.78 is 8.41. The zero-order valence-electron chi connectivity index (χ0n) is 24.2. The molecule has 0 radical (unpaired) electrons. The van der Waals surface area contributed by atoms with Gasteiger partial charge in [0, 0.05) is 35.3 Å². The summed E-state index contributed by atoms with van der Waals surface area (Å²) in [5, 5.41) is 2.32. The van der Waals surface area contributed by atoms with Gasteiger partial charge in [-0.2, -0.15) is 24.3 Å². The van der Waals surface area contributed by atoms with Gasteiger partial charge in [-0.25, -0.2) is 21.1 Å². The molecule has 4 nitrogen and oxygen atoms in total. The van der Waals surface area contributed by atoms with Crippen LogP contribution in [0.5, 0.6) is 11.6 Å². The van der Waals surface area contributed by atoms with E-state index in [-0.39, 0.29) is 31.9 Å². The summed E-state index contributed by atoms with van der Waals surface area (Å²) in [6.07, 6.45) is 3.66. The number of para-hydroxylation sites is 1. The van der Waals surface area contributed by atoms with Crippen LogP contribution in [-0.4, -0.2) is 14.5 Å². The van der Waals surface area contributed by atoms with Crippen LogP contribution in [0.25, 0.3) is 38.8 Å². The van der Waals surface area contributed by atoms with Crippen molar-refractivity contribution in [3.8, 4) is 28.6 Å². The average molecular weight is 719 g/mol. The van der Waals surface area contributed by atoms with Crippen molar-refractivity contribution in [1.82, 2.24) is 14.5 Å². The van der Waals surface area contributed by atoms with Crippen LogP contribution in [0.4, 0.5) is 0 Å². The summed E-state index contributed by atoms with van der Waals surface area (Å²) in [5.74, 6) is 2.11. The fourth-order valence-electron chi connectivity index (χ4n) is 5.14. The number of benzene rings is 3. The molecule has 3 heterocycles. The van der Waals surface area contributed by atoms with Crippen molar-refractivity contribution < 1.29 is 25.8 Å². The van der Waals surface area contributed by atoms with Gasteiger partial charge in [-0.3, -0.25) is 0 Å². The van der Waals surface area contributed by atoms with E-state index in [0.717, 1.165) is 33.4 Å². The molecule has 5 heteroatoms. The third-order valence-corrected chi connectivity index (χ3v) is 7.26. The summed E-state index contributed by atoms with van der Waals surface area (Å²) in [4.78, 5) is 9.31. The fraction of sp³-hybridized carbons (Fsp3) is 0.222. The monoisotopic (exact) mass is 718 g/mol. The molecule has 0 aliphatic heterocycles. The first kappa shape index (κ1) is 28.8. The SMILES string of the molecule is CC(C)(C)c1ccnc(Oc2[c-]c(-c3[c-]c4c(cc3)c3ccccc3n4-c3ncccc3C(C)(C)C)ccc2)c1.[Pt+2]. The van der Waals surface area contributed by atoms with E-state index in [4.69, 9.17) is 9.72 Å². The third kappa shape index (κ3) is 5.59. The van der Waals surface area contributed by atoms with E-state index in [1.165, 1.54) is 16.5 Å². The van der Waals surface area contributed by atoms with Crippen molar-refractivity contribution in [2.45, 2.75) is 52.4 Å². The summed E-state index contributed by atoms with van der Waals surface area (Å²) in [7, 11) is 0. The first-order valence-corrected chi connectivity index (χ1v) is 13.7. The maximum atomic E-state index is 6.16. The molecule has 208 valence electrons. The Kier molecular flexibility index (Phi) is 7.65. The molecule has 0 N–H and O–H groups in total. The topological polar surface area (TPSA) is 39.9 Å². The quantitative estimate of drug-likeness (QED) is 0.171. The molecule has 0 unspecified atom stereocenters. The summed E-state index contributed by atoms with van der Waals surface area (Å²) in [5.41, 5.74) is 6.23. The second-order valence-corrected chi connectivity index (χ2v) is 12.3. The van der Waals surface area contributed by atoms with Gasteiger partial charge in [-0.15, -0.1) is 18.2 Å². The second-order valence-electron chi connectivity index (χ2n) is 12.3. The van der Waals surface area contributed by atoms with E-state index < -0.39 is 0 Å². The van der Waals surface area contributed by atoms with Crippen molar-refractivity contribution in [3.63, 3.8) is 0 Å². The number of rotatable bonds is 4. The molecule has 6 aromatic rings. The number of fused-ring (bicyclic) bond motifs is 3. The maximum absolute atomic E-state index is 6.16. The second kappa shape index (κ2) is 10.9. The van der Waals surface area contributed by atoms with Gasteiger partial charge in [-0.1, -0.05) is 71.2 Å². The molecule has 3 aromatic carbocycles. The van der Waals surface area contributed by atoms with E-state index in [9.17, 15) is 0 Å². The Morgan fingerprint density at radius 1 is 0.683 bits per heavy atom. The number of aromatic nitrogens is 3. The molecule has 6 rings (SSSR count). The van der Waals surface area contributed by atoms with Gasteiger partial charge >= 0.3 is 21.1 Å². The van der Waals surface area contributed by atoms with Crippen LogP contribution in [0.3, 0.4) is 0 Å². The minimum atomic E-state index is -0.0727. The normalized spacial score (nSPS) is 12.0. The zero-order chi connectivity index (χ0) is 28.1. The van der Waals surface area contributed by atoms with Crippen LogP contribution in [0.15, 0.2) is 91.3 Å². The Morgan fingerprint density at radius 3 is 2.24 bits per heavy atom. The van der Waals surface area contributed by atoms with E-state index in [0.29, 0.717) is 11.6 Å². The van der Waals surface area contributed by atoms with Crippen LogP contribution in [0.2, 0.25) is 0 Å². The van der Waals surface area contributed by atoms with Crippen LogP contribution in [0.1, 0.15) is 52.7 Å². The smallest absolute Gasteiger partial charge is 0.460 e. The van der Waals surface area contributed by atoms with E-state index in [1.807, 2.05) is 42.6 Å². The molecule has 0 aliphatic rings. The van der Waals surface area contributed by atoms with Crippen LogP contribution >= 0.6 is 0 Å². The van der Waals surface area contributed by atoms with Gasteiger partial charge in [0.1, 0.15) is 5.82 Å². The number of pyridine rings is 2. The molecule has 0 fully saturated rings. The van der Waals surface area contributed by atoms with Crippen molar-refractivity contribution >= 4 is 21.8 Å². The first-order chi connectivity index (χ1) is 19.1. The molecule has 0 amide bonds. The summed E-state index contributed by atoms with van der Waals surface area (Å²) in [6, 6.07) is 34.1. The largest absolute Gasteiger partial charge is 2.00 e. The number of hydrogen-bond donors (Lipinski definition) is 0. The maximum Gasteiger partial charge on any atom is 2.00 e. The molecule has 41 heavy (non-hydrogen) atoms. The van der Waals surface area contributed by atoms with Gasteiger partial charge in [-0.05, 0) is 45.5 Å². The molecular formula is C36H33N3OPt. The molecular weight excluding hydrogens is 685 g/mol. The van der Waals surface area contributed by atoms with Gasteiger partial charge in [0.05, 0.1) is 0 Å². The van der Waals surface area contributed by atoms with Crippen molar-refractivity contribution in [2.24, 2.45) is 0 Å².